The van der Waals surface area contributed by atoms with E-state index in [2.05, 4.69) is 49.3 Å². The van der Waals surface area contributed by atoms with Crippen molar-refractivity contribution in [1.29, 1.82) is 0 Å². The standard InChI is InChI=1S/C16H18.2ClH.V/c1-3-4-13-16(2,14-9-5-6-10-14)15-11-7-8-12-15;;;/h1,5-9,11H,4,10,12-13H2,2H3;2*1H;/q;;;+2/p-2. The molecule has 0 aromatic rings. The Morgan fingerprint density at radius 1 is 1.11 bits per heavy atom. The van der Waals surface area contributed by atoms with Crippen LogP contribution in [-0.4, -0.2) is 0 Å². The van der Waals surface area contributed by atoms with Gasteiger partial charge in [0.2, 0.25) is 0 Å². The molecule has 2 aliphatic rings. The number of rotatable bonds is 4. The molecule has 0 spiro atoms. The van der Waals surface area contributed by atoms with E-state index >= 15 is 0 Å². The Hall–Kier alpha value is -0.316. The zero-order valence-corrected chi connectivity index (χ0v) is 14.0. The van der Waals surface area contributed by atoms with Crippen LogP contribution in [0.2, 0.25) is 0 Å². The summed E-state index contributed by atoms with van der Waals surface area (Å²) in [6.07, 6.45) is 22.8. The van der Waals surface area contributed by atoms with Crippen molar-refractivity contribution in [1.82, 2.24) is 0 Å². The number of hydrogen-bond donors (Lipinski definition) is 0. The Labute approximate surface area is 141 Å². The molecule has 0 aliphatic heterocycles. The average Bonchev–Trinajstić information content (AvgIpc) is 2.96. The first-order chi connectivity index (χ1) is 7.77. The van der Waals surface area contributed by atoms with Crippen LogP contribution in [0.15, 0.2) is 47.6 Å². The van der Waals surface area contributed by atoms with E-state index in [0.717, 1.165) is 25.7 Å². The van der Waals surface area contributed by atoms with E-state index in [4.69, 9.17) is 6.42 Å². The molecule has 0 nitrogen and oxygen atoms in total. The Kier molecular flexibility index (Phi) is 10.6. The van der Waals surface area contributed by atoms with E-state index < -0.39 is 0 Å². The van der Waals surface area contributed by atoms with Gasteiger partial charge in [-0.05, 0) is 19.3 Å². The van der Waals surface area contributed by atoms with Gasteiger partial charge in [-0.15, -0.1) is 12.3 Å². The zero-order chi connectivity index (χ0) is 11.4. The van der Waals surface area contributed by atoms with Crippen LogP contribution in [0.4, 0.5) is 0 Å². The summed E-state index contributed by atoms with van der Waals surface area (Å²) >= 11 is 0. The van der Waals surface area contributed by atoms with Gasteiger partial charge in [-0.3, -0.25) is 0 Å². The molecule has 0 bridgehead atoms. The van der Waals surface area contributed by atoms with Gasteiger partial charge in [-0.25, -0.2) is 0 Å². The van der Waals surface area contributed by atoms with E-state index in [9.17, 15) is 0 Å². The Balaban J connectivity index is 0. The third kappa shape index (κ3) is 4.62. The quantitative estimate of drug-likeness (QED) is 0.532. The van der Waals surface area contributed by atoms with Gasteiger partial charge in [0.1, 0.15) is 0 Å². The minimum atomic E-state index is 0. The summed E-state index contributed by atoms with van der Waals surface area (Å²) in [6.45, 7) is 2.34. The maximum absolute atomic E-state index is 5.41. The fourth-order valence-corrected chi connectivity index (χ4v) is 2.56. The molecule has 0 N–H and O–H groups in total. The summed E-state index contributed by atoms with van der Waals surface area (Å²) < 4.78 is 0. The van der Waals surface area contributed by atoms with Gasteiger partial charge in [0.25, 0.3) is 0 Å². The molecule has 3 heteroatoms. The monoisotopic (exact) mass is 331 g/mol. The second kappa shape index (κ2) is 9.57. The van der Waals surface area contributed by atoms with Crippen molar-refractivity contribution in [2.75, 3.05) is 0 Å². The minimum absolute atomic E-state index is 0. The van der Waals surface area contributed by atoms with Crippen LogP contribution < -0.4 is 24.8 Å². The van der Waals surface area contributed by atoms with Crippen molar-refractivity contribution in [3.05, 3.63) is 47.6 Å². The molecule has 0 saturated carbocycles. The second-order valence-corrected chi connectivity index (χ2v) is 4.68. The minimum Gasteiger partial charge on any atom is -1.00 e. The van der Waals surface area contributed by atoms with E-state index in [-0.39, 0.29) is 48.8 Å². The molecule has 0 amide bonds. The normalized spacial score (nSPS) is 15.6. The molecule has 0 fully saturated rings. The van der Waals surface area contributed by atoms with Crippen LogP contribution in [0.3, 0.4) is 0 Å². The number of terminal acetylenes is 1. The van der Waals surface area contributed by atoms with E-state index in [1.54, 1.807) is 0 Å². The third-order valence-electron chi connectivity index (χ3n) is 3.73. The molecule has 0 aromatic carbocycles. The summed E-state index contributed by atoms with van der Waals surface area (Å²) in [6, 6.07) is 0. The van der Waals surface area contributed by atoms with Crippen LogP contribution >= 0.6 is 0 Å². The van der Waals surface area contributed by atoms with Crippen molar-refractivity contribution in [2.24, 2.45) is 5.41 Å². The molecule has 19 heavy (non-hydrogen) atoms. The number of hydrogen-bond acceptors (Lipinski definition) is 0. The van der Waals surface area contributed by atoms with Gasteiger partial charge in [-0.1, -0.05) is 54.5 Å². The van der Waals surface area contributed by atoms with Crippen molar-refractivity contribution in [2.45, 2.75) is 32.6 Å². The van der Waals surface area contributed by atoms with Crippen LogP contribution in [0, 0.1) is 17.8 Å². The fraction of sp³-hybridized carbons (Fsp3) is 0.375. The predicted octanol–water partition coefficient (Wildman–Crippen LogP) is -1.82. The molecule has 0 saturated heterocycles. The van der Waals surface area contributed by atoms with Gasteiger partial charge in [0, 0.05) is 11.8 Å². The topological polar surface area (TPSA) is 0 Å². The van der Waals surface area contributed by atoms with E-state index in [1.165, 1.54) is 11.1 Å². The molecule has 2 rings (SSSR count). The Bertz CT molecular complexity index is 406. The van der Waals surface area contributed by atoms with Gasteiger partial charge in [0.05, 0.1) is 0 Å². The first kappa shape index (κ1) is 21.0. The first-order valence-corrected chi connectivity index (χ1v) is 5.93. The number of halogens is 2. The van der Waals surface area contributed by atoms with Crippen LogP contribution in [0.5, 0.6) is 0 Å². The molecule has 1 radical (unpaired) electrons. The smallest absolute Gasteiger partial charge is 1.00 e. The predicted molar refractivity (Wildman–Crippen MR) is 69.9 cm³/mol. The third-order valence-corrected chi connectivity index (χ3v) is 3.73. The molecular formula is C16H18Cl2V. The maximum atomic E-state index is 5.41. The van der Waals surface area contributed by atoms with Crippen molar-refractivity contribution < 1.29 is 43.4 Å². The van der Waals surface area contributed by atoms with Crippen molar-refractivity contribution >= 4 is 0 Å². The van der Waals surface area contributed by atoms with Crippen molar-refractivity contribution in [3.63, 3.8) is 0 Å². The summed E-state index contributed by atoms with van der Waals surface area (Å²) in [7, 11) is 0. The summed E-state index contributed by atoms with van der Waals surface area (Å²) in [4.78, 5) is 0. The molecule has 0 heterocycles. The molecule has 101 valence electrons. The maximum Gasteiger partial charge on any atom is 2.00 e. The van der Waals surface area contributed by atoms with Gasteiger partial charge < -0.3 is 24.8 Å². The number of allylic oxidation sites excluding steroid dienone is 8. The molecule has 0 atom stereocenters. The SMILES string of the molecule is C#CCCC(C)(C1=CC=CC1)C1=CC=CC1.[Cl-].[Cl-].[V+2]. The van der Waals surface area contributed by atoms with Crippen LogP contribution in [-0.2, 0) is 18.6 Å². The Morgan fingerprint density at radius 3 is 1.89 bits per heavy atom. The van der Waals surface area contributed by atoms with E-state index in [0.29, 0.717) is 0 Å². The van der Waals surface area contributed by atoms with E-state index in [1.807, 2.05) is 0 Å². The average molecular weight is 332 g/mol. The van der Waals surface area contributed by atoms with Crippen LogP contribution in [0.1, 0.15) is 32.6 Å². The fourth-order valence-electron chi connectivity index (χ4n) is 2.56. The van der Waals surface area contributed by atoms with Crippen molar-refractivity contribution in [3.8, 4) is 12.3 Å². The zero-order valence-electron chi connectivity index (χ0n) is 11.1. The molecule has 2 aliphatic carbocycles. The summed E-state index contributed by atoms with van der Waals surface area (Å²) in [5.41, 5.74) is 3.19. The largest absolute Gasteiger partial charge is 2.00 e. The molecule has 0 aromatic heterocycles. The first-order valence-electron chi connectivity index (χ1n) is 5.93. The van der Waals surface area contributed by atoms with Gasteiger partial charge >= 0.3 is 18.6 Å². The molecule has 0 unspecified atom stereocenters. The molecular weight excluding hydrogens is 314 g/mol. The Morgan fingerprint density at radius 2 is 1.58 bits per heavy atom. The second-order valence-electron chi connectivity index (χ2n) is 4.68. The summed E-state index contributed by atoms with van der Waals surface area (Å²) in [5, 5.41) is 0. The van der Waals surface area contributed by atoms with Gasteiger partial charge in [0.15, 0.2) is 0 Å². The van der Waals surface area contributed by atoms with Crippen LogP contribution in [0.25, 0.3) is 0 Å². The summed E-state index contributed by atoms with van der Waals surface area (Å²) in [5.74, 6) is 2.78. The van der Waals surface area contributed by atoms with Gasteiger partial charge in [-0.2, -0.15) is 0 Å².